The summed E-state index contributed by atoms with van der Waals surface area (Å²) in [6.45, 7) is 9.47. The van der Waals surface area contributed by atoms with Crippen molar-refractivity contribution in [2.24, 2.45) is 7.05 Å². The Morgan fingerprint density at radius 3 is 2.50 bits per heavy atom. The van der Waals surface area contributed by atoms with Gasteiger partial charge in [-0.25, -0.2) is 0 Å². The van der Waals surface area contributed by atoms with Crippen LogP contribution in [-0.2, 0) is 24.8 Å². The van der Waals surface area contributed by atoms with Gasteiger partial charge in [0.05, 0.1) is 5.69 Å². The molecule has 3 heterocycles. The monoisotopic (exact) mass is 326 g/mol. The maximum Gasteiger partial charge on any atom is 0.131 e. The SMILES string of the molecule is CCc1nn(C)c(Cl)c1CN1CCN(C2CCOCC2)CC1. The molecule has 0 amide bonds. The van der Waals surface area contributed by atoms with E-state index in [4.69, 9.17) is 16.3 Å². The second kappa shape index (κ2) is 7.30. The average Bonchev–Trinajstić information content (AvgIpc) is 2.84. The molecule has 0 radical (unpaired) electrons. The molecule has 0 saturated carbocycles. The number of aryl methyl sites for hydroxylation is 2. The van der Waals surface area contributed by atoms with E-state index in [2.05, 4.69) is 21.8 Å². The molecule has 0 spiro atoms. The smallest absolute Gasteiger partial charge is 0.131 e. The summed E-state index contributed by atoms with van der Waals surface area (Å²) < 4.78 is 7.27. The molecule has 1 aromatic heterocycles. The molecule has 1 aromatic rings. The van der Waals surface area contributed by atoms with Crippen LogP contribution in [0.15, 0.2) is 0 Å². The molecule has 22 heavy (non-hydrogen) atoms. The molecule has 2 aliphatic heterocycles. The molecule has 124 valence electrons. The number of aromatic nitrogens is 2. The van der Waals surface area contributed by atoms with Gasteiger partial charge in [-0.15, -0.1) is 0 Å². The van der Waals surface area contributed by atoms with Crippen LogP contribution in [0.3, 0.4) is 0 Å². The van der Waals surface area contributed by atoms with Gasteiger partial charge in [0.2, 0.25) is 0 Å². The predicted molar refractivity (Wildman–Crippen MR) is 88.3 cm³/mol. The lowest BCUT2D eigenvalue weighted by Crippen LogP contribution is -2.51. The Bertz CT molecular complexity index is 491. The van der Waals surface area contributed by atoms with Gasteiger partial charge >= 0.3 is 0 Å². The van der Waals surface area contributed by atoms with E-state index in [9.17, 15) is 0 Å². The number of rotatable bonds is 4. The molecule has 0 atom stereocenters. The van der Waals surface area contributed by atoms with Crippen molar-refractivity contribution in [2.75, 3.05) is 39.4 Å². The van der Waals surface area contributed by atoms with E-state index in [1.807, 2.05) is 7.05 Å². The second-order valence-corrected chi connectivity index (χ2v) is 6.71. The van der Waals surface area contributed by atoms with Crippen LogP contribution in [0, 0.1) is 0 Å². The van der Waals surface area contributed by atoms with Gasteiger partial charge in [-0.1, -0.05) is 18.5 Å². The van der Waals surface area contributed by atoms with Gasteiger partial charge in [0, 0.05) is 64.6 Å². The third-order valence-corrected chi connectivity index (χ3v) is 5.46. The minimum Gasteiger partial charge on any atom is -0.381 e. The van der Waals surface area contributed by atoms with E-state index in [0.717, 1.165) is 69.2 Å². The summed E-state index contributed by atoms with van der Waals surface area (Å²) in [4.78, 5) is 5.16. The fraction of sp³-hybridized carbons (Fsp3) is 0.812. The van der Waals surface area contributed by atoms with E-state index in [-0.39, 0.29) is 0 Å². The van der Waals surface area contributed by atoms with E-state index in [1.54, 1.807) is 4.68 Å². The first-order valence-electron chi connectivity index (χ1n) is 8.43. The average molecular weight is 327 g/mol. The highest BCUT2D eigenvalue weighted by Gasteiger charge is 2.26. The van der Waals surface area contributed by atoms with Crippen LogP contribution in [0.2, 0.25) is 5.15 Å². The van der Waals surface area contributed by atoms with Gasteiger partial charge in [0.15, 0.2) is 0 Å². The Morgan fingerprint density at radius 2 is 1.86 bits per heavy atom. The fourth-order valence-corrected chi connectivity index (χ4v) is 3.81. The standard InChI is InChI=1S/C16H27ClN4O/c1-3-15-14(16(17)19(2)18-15)12-20-6-8-21(9-7-20)13-4-10-22-11-5-13/h13H,3-12H2,1-2H3. The number of hydrogen-bond acceptors (Lipinski definition) is 4. The summed E-state index contributed by atoms with van der Waals surface area (Å²) in [5, 5.41) is 5.31. The van der Waals surface area contributed by atoms with E-state index in [0.29, 0.717) is 0 Å². The Balaban J connectivity index is 1.55. The van der Waals surface area contributed by atoms with Crippen molar-refractivity contribution in [3.63, 3.8) is 0 Å². The third kappa shape index (κ3) is 3.48. The largest absolute Gasteiger partial charge is 0.381 e. The van der Waals surface area contributed by atoms with Gasteiger partial charge in [0.1, 0.15) is 5.15 Å². The minimum absolute atomic E-state index is 0.726. The summed E-state index contributed by atoms with van der Waals surface area (Å²) in [5.74, 6) is 0. The summed E-state index contributed by atoms with van der Waals surface area (Å²) in [6.07, 6.45) is 3.32. The van der Waals surface area contributed by atoms with Crippen molar-refractivity contribution in [1.29, 1.82) is 0 Å². The molecular weight excluding hydrogens is 300 g/mol. The Hall–Kier alpha value is -0.620. The number of halogens is 1. The predicted octanol–water partition coefficient (Wildman–Crippen LogP) is 1.93. The van der Waals surface area contributed by atoms with E-state index >= 15 is 0 Å². The number of hydrogen-bond donors (Lipinski definition) is 0. The molecule has 0 unspecified atom stereocenters. The maximum atomic E-state index is 6.41. The molecule has 0 N–H and O–H groups in total. The molecule has 3 rings (SSSR count). The lowest BCUT2D eigenvalue weighted by atomic mass is 10.1. The van der Waals surface area contributed by atoms with Gasteiger partial charge in [0.25, 0.3) is 0 Å². The highest BCUT2D eigenvalue weighted by atomic mass is 35.5. The van der Waals surface area contributed by atoms with Gasteiger partial charge in [-0.3, -0.25) is 14.5 Å². The Labute approximate surface area is 138 Å². The first kappa shape index (κ1) is 16.2. The zero-order valence-corrected chi connectivity index (χ0v) is 14.5. The Kier molecular flexibility index (Phi) is 5.39. The lowest BCUT2D eigenvalue weighted by Gasteiger charge is -2.40. The van der Waals surface area contributed by atoms with Crippen molar-refractivity contribution in [3.05, 3.63) is 16.4 Å². The van der Waals surface area contributed by atoms with Crippen LogP contribution < -0.4 is 0 Å². The highest BCUT2D eigenvalue weighted by molar-refractivity contribution is 6.30. The van der Waals surface area contributed by atoms with Crippen molar-refractivity contribution < 1.29 is 4.74 Å². The molecule has 0 bridgehead atoms. The Morgan fingerprint density at radius 1 is 1.18 bits per heavy atom. The molecule has 0 aliphatic carbocycles. The third-order valence-electron chi connectivity index (χ3n) is 4.98. The van der Waals surface area contributed by atoms with Gasteiger partial charge < -0.3 is 4.74 Å². The lowest BCUT2D eigenvalue weighted by molar-refractivity contribution is 0.0126. The zero-order chi connectivity index (χ0) is 15.5. The second-order valence-electron chi connectivity index (χ2n) is 6.35. The van der Waals surface area contributed by atoms with Crippen molar-refractivity contribution in [2.45, 2.75) is 38.8 Å². The van der Waals surface area contributed by atoms with Crippen LogP contribution in [0.25, 0.3) is 0 Å². The summed E-state index contributed by atoms with van der Waals surface area (Å²) in [6, 6.07) is 0.726. The number of ether oxygens (including phenoxy) is 1. The fourth-order valence-electron chi connectivity index (χ4n) is 3.60. The van der Waals surface area contributed by atoms with E-state index in [1.165, 1.54) is 18.4 Å². The molecule has 5 nitrogen and oxygen atoms in total. The minimum atomic E-state index is 0.726. The summed E-state index contributed by atoms with van der Waals surface area (Å²) in [7, 11) is 1.92. The summed E-state index contributed by atoms with van der Waals surface area (Å²) in [5.41, 5.74) is 2.35. The quantitative estimate of drug-likeness (QED) is 0.846. The van der Waals surface area contributed by atoms with Crippen LogP contribution in [-0.4, -0.2) is 65.0 Å². The van der Waals surface area contributed by atoms with Crippen LogP contribution in [0.5, 0.6) is 0 Å². The first-order chi connectivity index (χ1) is 10.7. The van der Waals surface area contributed by atoms with Gasteiger partial charge in [-0.05, 0) is 19.3 Å². The molecule has 6 heteroatoms. The number of piperazine rings is 1. The normalized spacial score (nSPS) is 22.3. The van der Waals surface area contributed by atoms with Crippen molar-refractivity contribution in [3.8, 4) is 0 Å². The topological polar surface area (TPSA) is 33.5 Å². The molecule has 2 saturated heterocycles. The number of nitrogens with zero attached hydrogens (tertiary/aromatic N) is 4. The first-order valence-corrected chi connectivity index (χ1v) is 8.81. The van der Waals surface area contributed by atoms with Crippen molar-refractivity contribution >= 4 is 11.6 Å². The highest BCUT2D eigenvalue weighted by Crippen LogP contribution is 2.23. The molecule has 0 aromatic carbocycles. The molecule has 2 fully saturated rings. The zero-order valence-electron chi connectivity index (χ0n) is 13.7. The van der Waals surface area contributed by atoms with Crippen LogP contribution in [0.4, 0.5) is 0 Å². The summed E-state index contributed by atoms with van der Waals surface area (Å²) >= 11 is 6.41. The van der Waals surface area contributed by atoms with Crippen LogP contribution >= 0.6 is 11.6 Å². The molecular formula is C16H27ClN4O. The maximum absolute atomic E-state index is 6.41. The molecule has 2 aliphatic rings. The van der Waals surface area contributed by atoms with Crippen LogP contribution in [0.1, 0.15) is 31.0 Å². The van der Waals surface area contributed by atoms with Crippen molar-refractivity contribution in [1.82, 2.24) is 19.6 Å². The van der Waals surface area contributed by atoms with Gasteiger partial charge in [-0.2, -0.15) is 5.10 Å². The van der Waals surface area contributed by atoms with E-state index < -0.39 is 0 Å².